The number of nitrogens with two attached hydrogens (primary N) is 2. The third-order valence-electron chi connectivity index (χ3n) is 4.41. The number of phenolic OH excluding ortho intramolecular Hbond substituents is 1. The fraction of sp³-hybridized carbons (Fsp3) is 0.222. The minimum absolute atomic E-state index is 0.102. The number of nitrogen functional groups attached to an aromatic ring is 2. The molecule has 6 N–H and O–H groups in total. The Bertz CT molecular complexity index is 971. The number of hydrogen-bond acceptors (Lipinski definition) is 9. The number of benzene rings is 1. The van der Waals surface area contributed by atoms with Gasteiger partial charge in [-0.05, 0) is 24.3 Å². The third kappa shape index (κ3) is 3.58. The van der Waals surface area contributed by atoms with Crippen LogP contribution in [0.5, 0.6) is 5.75 Å². The predicted molar refractivity (Wildman–Crippen MR) is 104 cm³/mol. The quantitative estimate of drug-likeness (QED) is 0.533. The monoisotopic (exact) mass is 364 g/mol. The zero-order valence-electron chi connectivity index (χ0n) is 14.6. The maximum atomic E-state index is 10.4. The molecule has 0 spiro atoms. The van der Waals surface area contributed by atoms with Crippen molar-refractivity contribution in [3.8, 4) is 28.3 Å². The molecule has 1 aromatic carbocycles. The fourth-order valence-electron chi connectivity index (χ4n) is 3.08. The lowest BCUT2D eigenvalue weighted by Crippen LogP contribution is -2.44. The first-order valence-electron chi connectivity index (χ1n) is 8.62. The van der Waals surface area contributed by atoms with Crippen LogP contribution < -0.4 is 21.7 Å². The number of rotatable bonds is 3. The molecule has 3 aromatic rings. The van der Waals surface area contributed by atoms with Crippen LogP contribution in [0.25, 0.3) is 22.5 Å². The van der Waals surface area contributed by atoms with Crippen molar-refractivity contribution in [3.63, 3.8) is 0 Å². The van der Waals surface area contributed by atoms with E-state index in [0.29, 0.717) is 17.0 Å². The van der Waals surface area contributed by atoms with E-state index in [4.69, 9.17) is 11.5 Å². The molecule has 3 heterocycles. The lowest BCUT2D eigenvalue weighted by molar-refractivity contribution is 0.477. The SMILES string of the molecule is Nc1nccc(-c2ccc(O)c(-c3cc(N4CCNCC4)nc(N)n3)c2)n1. The zero-order chi connectivity index (χ0) is 18.8. The molecule has 1 fully saturated rings. The smallest absolute Gasteiger partial charge is 0.222 e. The van der Waals surface area contributed by atoms with Crippen molar-refractivity contribution in [2.24, 2.45) is 0 Å². The van der Waals surface area contributed by atoms with Crippen molar-refractivity contribution in [2.75, 3.05) is 42.5 Å². The molecule has 138 valence electrons. The van der Waals surface area contributed by atoms with Gasteiger partial charge in [0.1, 0.15) is 11.6 Å². The molecule has 1 saturated heterocycles. The zero-order valence-corrected chi connectivity index (χ0v) is 14.6. The maximum Gasteiger partial charge on any atom is 0.222 e. The van der Waals surface area contributed by atoms with E-state index >= 15 is 0 Å². The summed E-state index contributed by atoms with van der Waals surface area (Å²) in [5, 5.41) is 13.7. The van der Waals surface area contributed by atoms with Gasteiger partial charge in [0.2, 0.25) is 11.9 Å². The number of aromatic hydroxyl groups is 1. The second-order valence-electron chi connectivity index (χ2n) is 6.24. The molecule has 0 atom stereocenters. The molecule has 1 aliphatic heterocycles. The van der Waals surface area contributed by atoms with E-state index in [1.165, 1.54) is 0 Å². The van der Waals surface area contributed by atoms with Crippen LogP contribution in [0.1, 0.15) is 0 Å². The molecular weight excluding hydrogens is 344 g/mol. The van der Waals surface area contributed by atoms with Gasteiger partial charge in [0.25, 0.3) is 0 Å². The van der Waals surface area contributed by atoms with Gasteiger partial charge >= 0.3 is 0 Å². The van der Waals surface area contributed by atoms with Crippen molar-refractivity contribution < 1.29 is 5.11 Å². The summed E-state index contributed by atoms with van der Waals surface area (Å²) < 4.78 is 0. The van der Waals surface area contributed by atoms with Crippen molar-refractivity contribution in [3.05, 3.63) is 36.5 Å². The number of piperazine rings is 1. The minimum atomic E-state index is 0.102. The normalized spacial score (nSPS) is 14.3. The largest absolute Gasteiger partial charge is 0.507 e. The second-order valence-corrected chi connectivity index (χ2v) is 6.24. The number of nitrogens with one attached hydrogen (secondary N) is 1. The van der Waals surface area contributed by atoms with Crippen molar-refractivity contribution in [2.45, 2.75) is 0 Å². The Kier molecular flexibility index (Phi) is 4.43. The number of anilines is 3. The molecule has 0 aliphatic carbocycles. The average Bonchev–Trinajstić information content (AvgIpc) is 2.68. The van der Waals surface area contributed by atoms with E-state index < -0.39 is 0 Å². The van der Waals surface area contributed by atoms with Crippen molar-refractivity contribution in [1.82, 2.24) is 25.3 Å². The van der Waals surface area contributed by atoms with Crippen LogP contribution in [0.3, 0.4) is 0 Å². The van der Waals surface area contributed by atoms with Crippen LogP contribution >= 0.6 is 0 Å². The van der Waals surface area contributed by atoms with Crippen LogP contribution in [0.15, 0.2) is 36.5 Å². The maximum absolute atomic E-state index is 10.4. The molecule has 9 heteroatoms. The van der Waals surface area contributed by atoms with Gasteiger partial charge in [-0.15, -0.1) is 0 Å². The Morgan fingerprint density at radius 2 is 1.70 bits per heavy atom. The molecule has 0 amide bonds. The minimum Gasteiger partial charge on any atom is -0.507 e. The number of hydrogen-bond donors (Lipinski definition) is 4. The van der Waals surface area contributed by atoms with Crippen LogP contribution in [0.2, 0.25) is 0 Å². The molecule has 2 aromatic heterocycles. The topological polar surface area (TPSA) is 139 Å². The molecule has 0 saturated carbocycles. The molecule has 4 rings (SSSR count). The van der Waals surface area contributed by atoms with Gasteiger partial charge in [-0.1, -0.05) is 0 Å². The molecular formula is C18H20N8O. The highest BCUT2D eigenvalue weighted by Gasteiger charge is 2.16. The van der Waals surface area contributed by atoms with Crippen LogP contribution in [0, 0.1) is 0 Å². The number of aromatic nitrogens is 4. The molecule has 0 unspecified atom stereocenters. The van der Waals surface area contributed by atoms with E-state index in [1.54, 1.807) is 30.5 Å². The summed E-state index contributed by atoms with van der Waals surface area (Å²) in [6.07, 6.45) is 1.59. The number of phenols is 1. The van der Waals surface area contributed by atoms with Crippen LogP contribution in [0.4, 0.5) is 17.7 Å². The van der Waals surface area contributed by atoms with E-state index in [9.17, 15) is 5.11 Å². The standard InChI is InChI=1S/C18H20N8O/c19-17-22-4-3-13(23-17)11-1-2-15(27)12(9-11)14-10-16(25-18(20)24-14)26-7-5-21-6-8-26/h1-4,9-10,21,27H,5-8H2,(H2,19,22,23)(H2,20,24,25). The Hall–Kier alpha value is -3.46. The summed E-state index contributed by atoms with van der Waals surface area (Å²) in [5.41, 5.74) is 14.2. The van der Waals surface area contributed by atoms with Gasteiger partial charge in [0, 0.05) is 49.6 Å². The van der Waals surface area contributed by atoms with E-state index in [-0.39, 0.29) is 17.6 Å². The summed E-state index contributed by atoms with van der Waals surface area (Å²) >= 11 is 0. The van der Waals surface area contributed by atoms with Crippen molar-refractivity contribution in [1.29, 1.82) is 0 Å². The summed E-state index contributed by atoms with van der Waals surface area (Å²) in [5.74, 6) is 1.20. The summed E-state index contributed by atoms with van der Waals surface area (Å²) in [6, 6.07) is 8.77. The molecule has 9 nitrogen and oxygen atoms in total. The van der Waals surface area contributed by atoms with Crippen LogP contribution in [-0.2, 0) is 0 Å². The molecule has 0 radical (unpaired) electrons. The predicted octanol–water partition coefficient (Wildman–Crippen LogP) is 0.880. The lowest BCUT2D eigenvalue weighted by Gasteiger charge is -2.28. The second kappa shape index (κ2) is 7.04. The molecule has 27 heavy (non-hydrogen) atoms. The van der Waals surface area contributed by atoms with E-state index in [2.05, 4.69) is 30.2 Å². The Morgan fingerprint density at radius 3 is 2.48 bits per heavy atom. The Labute approximate surface area is 156 Å². The summed E-state index contributed by atoms with van der Waals surface area (Å²) in [6.45, 7) is 3.44. The highest BCUT2D eigenvalue weighted by Crippen LogP contribution is 2.33. The summed E-state index contributed by atoms with van der Waals surface area (Å²) in [4.78, 5) is 18.9. The van der Waals surface area contributed by atoms with E-state index in [1.807, 2.05) is 6.07 Å². The molecule has 0 bridgehead atoms. The highest BCUT2D eigenvalue weighted by molar-refractivity contribution is 5.76. The van der Waals surface area contributed by atoms with Gasteiger partial charge in [-0.25, -0.2) is 15.0 Å². The third-order valence-corrected chi connectivity index (χ3v) is 4.41. The van der Waals surface area contributed by atoms with Gasteiger partial charge in [0.15, 0.2) is 0 Å². The van der Waals surface area contributed by atoms with Crippen LogP contribution in [-0.4, -0.2) is 51.2 Å². The first kappa shape index (κ1) is 17.0. The average molecular weight is 364 g/mol. The Morgan fingerprint density at radius 1 is 0.926 bits per heavy atom. The molecule has 1 aliphatic rings. The van der Waals surface area contributed by atoms with E-state index in [0.717, 1.165) is 37.6 Å². The first-order chi connectivity index (χ1) is 13.1. The fourth-order valence-corrected chi connectivity index (χ4v) is 3.08. The highest BCUT2D eigenvalue weighted by atomic mass is 16.3. The summed E-state index contributed by atoms with van der Waals surface area (Å²) in [7, 11) is 0. The Balaban J connectivity index is 1.76. The lowest BCUT2D eigenvalue weighted by atomic mass is 10.0. The first-order valence-corrected chi connectivity index (χ1v) is 8.62. The van der Waals surface area contributed by atoms with Gasteiger partial charge in [-0.3, -0.25) is 0 Å². The number of nitrogens with zero attached hydrogens (tertiary/aromatic N) is 5. The van der Waals surface area contributed by atoms with Gasteiger partial charge in [-0.2, -0.15) is 4.98 Å². The van der Waals surface area contributed by atoms with Gasteiger partial charge in [0.05, 0.1) is 11.4 Å². The van der Waals surface area contributed by atoms with Crippen molar-refractivity contribution >= 4 is 17.7 Å². The van der Waals surface area contributed by atoms with Gasteiger partial charge < -0.3 is 26.8 Å².